The van der Waals surface area contributed by atoms with Crippen LogP contribution in [0.15, 0.2) is 8.68 Å². The zero-order valence-corrected chi connectivity index (χ0v) is 15.8. The first kappa shape index (κ1) is 18.3. The Morgan fingerprint density at radius 2 is 1.08 bits per heavy atom. The smallest absolute Gasteiger partial charge is 0.229 e. The van der Waals surface area contributed by atoms with Crippen molar-refractivity contribution in [3.05, 3.63) is 0 Å². The van der Waals surface area contributed by atoms with Crippen LogP contribution in [0.2, 0.25) is 0 Å². The molecule has 0 aromatic carbocycles. The van der Waals surface area contributed by atoms with E-state index in [1.165, 1.54) is 44.7 Å². The van der Waals surface area contributed by atoms with Crippen LogP contribution in [-0.2, 0) is 19.2 Å². The lowest BCUT2D eigenvalue weighted by Gasteiger charge is -2.12. The SMILES string of the molecule is O=C1CCC(=O)N1CCSc1nnc(SCCN2C(=O)CCC2=O)s1. The van der Waals surface area contributed by atoms with Crippen molar-refractivity contribution >= 4 is 58.5 Å². The van der Waals surface area contributed by atoms with Gasteiger partial charge in [0.05, 0.1) is 0 Å². The molecular formula is C14H16N4O4S3. The summed E-state index contributed by atoms with van der Waals surface area (Å²) in [7, 11) is 0. The predicted octanol–water partition coefficient (Wildman–Crippen LogP) is 1.02. The van der Waals surface area contributed by atoms with Crippen molar-refractivity contribution in [2.75, 3.05) is 24.6 Å². The minimum atomic E-state index is -0.106. The van der Waals surface area contributed by atoms with Gasteiger partial charge in [0.25, 0.3) is 0 Å². The van der Waals surface area contributed by atoms with E-state index in [9.17, 15) is 19.2 Å². The standard InChI is InChI=1S/C14H16N4O4S3/c19-9-1-2-10(20)17(9)5-7-23-13-15-16-14(25-13)24-8-6-18-11(21)3-4-12(18)22/h1-8H2. The van der Waals surface area contributed by atoms with Crippen LogP contribution in [0.1, 0.15) is 25.7 Å². The third-order valence-electron chi connectivity index (χ3n) is 3.78. The zero-order valence-electron chi connectivity index (χ0n) is 13.3. The molecule has 0 atom stereocenters. The summed E-state index contributed by atoms with van der Waals surface area (Å²) in [6.07, 6.45) is 1.24. The van der Waals surface area contributed by atoms with E-state index in [0.29, 0.717) is 50.3 Å². The molecule has 4 amide bonds. The van der Waals surface area contributed by atoms with Gasteiger partial charge in [0.15, 0.2) is 8.68 Å². The second kappa shape index (κ2) is 8.28. The van der Waals surface area contributed by atoms with Gasteiger partial charge in [-0.05, 0) is 0 Å². The molecule has 2 saturated heterocycles. The molecule has 25 heavy (non-hydrogen) atoms. The molecule has 2 fully saturated rings. The van der Waals surface area contributed by atoms with Gasteiger partial charge in [0.1, 0.15) is 0 Å². The lowest BCUT2D eigenvalue weighted by molar-refractivity contribution is -0.139. The number of amides is 4. The number of carbonyl (C=O) groups is 4. The summed E-state index contributed by atoms with van der Waals surface area (Å²) in [6.45, 7) is 0.785. The van der Waals surface area contributed by atoms with E-state index in [1.54, 1.807) is 0 Å². The zero-order chi connectivity index (χ0) is 17.8. The maximum absolute atomic E-state index is 11.5. The van der Waals surface area contributed by atoms with E-state index in [4.69, 9.17) is 0 Å². The number of rotatable bonds is 8. The number of imide groups is 2. The topological polar surface area (TPSA) is 101 Å². The van der Waals surface area contributed by atoms with Crippen molar-refractivity contribution in [3.8, 4) is 0 Å². The highest BCUT2D eigenvalue weighted by Crippen LogP contribution is 2.29. The van der Waals surface area contributed by atoms with E-state index in [-0.39, 0.29) is 23.6 Å². The molecule has 11 heteroatoms. The van der Waals surface area contributed by atoms with Crippen molar-refractivity contribution in [1.82, 2.24) is 20.0 Å². The first-order valence-corrected chi connectivity index (χ1v) is 10.6. The lowest BCUT2D eigenvalue weighted by Crippen LogP contribution is -2.31. The molecule has 0 radical (unpaired) electrons. The number of hydrogen-bond acceptors (Lipinski definition) is 9. The number of thioether (sulfide) groups is 2. The summed E-state index contributed by atoms with van der Waals surface area (Å²) >= 11 is 4.35. The summed E-state index contributed by atoms with van der Waals surface area (Å²) in [6, 6.07) is 0. The van der Waals surface area contributed by atoms with Gasteiger partial charge in [-0.3, -0.25) is 29.0 Å². The third kappa shape index (κ3) is 4.59. The molecular weight excluding hydrogens is 384 g/mol. The lowest BCUT2D eigenvalue weighted by atomic mass is 10.4. The fourth-order valence-electron chi connectivity index (χ4n) is 2.51. The van der Waals surface area contributed by atoms with Crippen LogP contribution in [0.25, 0.3) is 0 Å². The highest BCUT2D eigenvalue weighted by molar-refractivity contribution is 8.03. The van der Waals surface area contributed by atoms with E-state index >= 15 is 0 Å². The summed E-state index contributed by atoms with van der Waals surface area (Å²) in [5.41, 5.74) is 0. The molecule has 2 aliphatic heterocycles. The number of likely N-dealkylation sites (tertiary alicyclic amines) is 2. The first-order chi connectivity index (χ1) is 12.0. The molecule has 134 valence electrons. The molecule has 3 heterocycles. The van der Waals surface area contributed by atoms with Crippen LogP contribution in [0.4, 0.5) is 0 Å². The fourth-order valence-corrected chi connectivity index (χ4v) is 5.52. The number of aromatic nitrogens is 2. The Kier molecular flexibility index (Phi) is 6.07. The summed E-state index contributed by atoms with van der Waals surface area (Å²) in [5.74, 6) is 0.756. The largest absolute Gasteiger partial charge is 0.282 e. The minimum Gasteiger partial charge on any atom is -0.282 e. The summed E-state index contributed by atoms with van der Waals surface area (Å²) in [5, 5.41) is 8.15. The predicted molar refractivity (Wildman–Crippen MR) is 93.3 cm³/mol. The first-order valence-electron chi connectivity index (χ1n) is 7.80. The van der Waals surface area contributed by atoms with Gasteiger partial charge in [-0.2, -0.15) is 0 Å². The molecule has 0 N–H and O–H groups in total. The average Bonchev–Trinajstić information content (AvgIpc) is 3.25. The Balaban J connectivity index is 1.39. The van der Waals surface area contributed by atoms with Gasteiger partial charge < -0.3 is 0 Å². The van der Waals surface area contributed by atoms with Gasteiger partial charge in [-0.25, -0.2) is 0 Å². The van der Waals surface area contributed by atoms with Crippen molar-refractivity contribution in [2.24, 2.45) is 0 Å². The summed E-state index contributed by atoms with van der Waals surface area (Å²) in [4.78, 5) is 48.7. The molecule has 3 rings (SSSR count). The second-order valence-electron chi connectivity index (χ2n) is 5.41. The summed E-state index contributed by atoms with van der Waals surface area (Å²) < 4.78 is 1.55. The number of hydrogen-bond donors (Lipinski definition) is 0. The molecule has 0 saturated carbocycles. The monoisotopic (exact) mass is 400 g/mol. The Hall–Kier alpha value is -1.46. The van der Waals surface area contributed by atoms with E-state index in [1.807, 2.05) is 0 Å². The van der Waals surface area contributed by atoms with Crippen LogP contribution in [0.5, 0.6) is 0 Å². The molecule has 0 spiro atoms. The van der Waals surface area contributed by atoms with Crippen molar-refractivity contribution in [1.29, 1.82) is 0 Å². The van der Waals surface area contributed by atoms with Gasteiger partial charge in [0.2, 0.25) is 23.6 Å². The van der Waals surface area contributed by atoms with Crippen LogP contribution in [0, 0.1) is 0 Å². The van der Waals surface area contributed by atoms with Gasteiger partial charge in [0, 0.05) is 50.3 Å². The van der Waals surface area contributed by atoms with Crippen LogP contribution in [0.3, 0.4) is 0 Å². The van der Waals surface area contributed by atoms with Gasteiger partial charge in [-0.15, -0.1) is 10.2 Å². The quantitative estimate of drug-likeness (QED) is 0.471. The Labute approximate surface area is 156 Å². The van der Waals surface area contributed by atoms with E-state index < -0.39 is 0 Å². The molecule has 0 unspecified atom stereocenters. The van der Waals surface area contributed by atoms with Crippen molar-refractivity contribution in [3.63, 3.8) is 0 Å². The Morgan fingerprint density at radius 3 is 1.44 bits per heavy atom. The van der Waals surface area contributed by atoms with Gasteiger partial charge >= 0.3 is 0 Å². The van der Waals surface area contributed by atoms with Crippen LogP contribution < -0.4 is 0 Å². The highest BCUT2D eigenvalue weighted by atomic mass is 32.2. The third-order valence-corrected chi connectivity index (χ3v) is 6.93. The fraction of sp³-hybridized carbons (Fsp3) is 0.571. The maximum atomic E-state index is 11.5. The highest BCUT2D eigenvalue weighted by Gasteiger charge is 2.29. The average molecular weight is 401 g/mol. The van der Waals surface area contributed by atoms with Crippen LogP contribution in [-0.4, -0.2) is 68.2 Å². The molecule has 0 bridgehead atoms. The van der Waals surface area contributed by atoms with Gasteiger partial charge in [-0.1, -0.05) is 34.9 Å². The van der Waals surface area contributed by atoms with Crippen molar-refractivity contribution in [2.45, 2.75) is 34.4 Å². The molecule has 2 aliphatic rings. The Bertz CT molecular complexity index is 620. The Morgan fingerprint density at radius 1 is 0.720 bits per heavy atom. The molecule has 0 aliphatic carbocycles. The van der Waals surface area contributed by atoms with Crippen molar-refractivity contribution < 1.29 is 19.2 Å². The molecule has 8 nitrogen and oxygen atoms in total. The van der Waals surface area contributed by atoms with Crippen LogP contribution >= 0.6 is 34.9 Å². The minimum absolute atomic E-state index is 0.106. The number of nitrogens with zero attached hydrogens (tertiary/aromatic N) is 4. The second-order valence-corrected chi connectivity index (χ2v) is 9.07. The molecule has 1 aromatic rings. The van der Waals surface area contributed by atoms with E-state index in [2.05, 4.69) is 10.2 Å². The maximum Gasteiger partial charge on any atom is 0.229 e. The van der Waals surface area contributed by atoms with E-state index in [0.717, 1.165) is 8.68 Å². The number of carbonyl (C=O) groups excluding carboxylic acids is 4. The normalized spacial score (nSPS) is 18.1. The molecule has 1 aromatic heterocycles.